The minimum Gasteiger partial charge on any atom is -0.379 e. The van der Waals surface area contributed by atoms with Crippen molar-refractivity contribution in [2.45, 2.75) is 13.5 Å². The van der Waals surface area contributed by atoms with Gasteiger partial charge in [-0.3, -0.25) is 4.90 Å². The highest BCUT2D eigenvalue weighted by Crippen LogP contribution is 2.07. The highest BCUT2D eigenvalue weighted by molar-refractivity contribution is 5.03. The van der Waals surface area contributed by atoms with Gasteiger partial charge in [0.05, 0.1) is 18.9 Å². The molecule has 72 valence electrons. The highest BCUT2D eigenvalue weighted by atomic mass is 16.5. The summed E-state index contributed by atoms with van der Waals surface area (Å²) in [5.41, 5.74) is 1.01. The van der Waals surface area contributed by atoms with Crippen LogP contribution in [0.5, 0.6) is 0 Å². The van der Waals surface area contributed by atoms with E-state index < -0.39 is 0 Å². The maximum atomic E-state index is 5.26. The molecule has 2 heterocycles. The van der Waals surface area contributed by atoms with E-state index in [0.29, 0.717) is 0 Å². The summed E-state index contributed by atoms with van der Waals surface area (Å²) in [6.07, 6.45) is 0. The topological polar surface area (TPSA) is 38.5 Å². The first-order valence-corrected chi connectivity index (χ1v) is 4.57. The molecule has 0 aromatic carbocycles. The monoisotopic (exact) mass is 182 g/mol. The second kappa shape index (κ2) is 3.89. The number of aryl methyl sites for hydroxylation is 1. The van der Waals surface area contributed by atoms with Gasteiger partial charge < -0.3 is 9.26 Å². The molecule has 1 fully saturated rings. The van der Waals surface area contributed by atoms with E-state index in [9.17, 15) is 0 Å². The van der Waals surface area contributed by atoms with Crippen molar-refractivity contribution in [2.24, 2.45) is 0 Å². The molecule has 0 atom stereocenters. The van der Waals surface area contributed by atoms with Gasteiger partial charge >= 0.3 is 0 Å². The Labute approximate surface area is 77.5 Å². The molecule has 4 heteroatoms. The lowest BCUT2D eigenvalue weighted by atomic mass is 10.3. The van der Waals surface area contributed by atoms with E-state index in [2.05, 4.69) is 10.1 Å². The van der Waals surface area contributed by atoms with Crippen molar-refractivity contribution in [3.05, 3.63) is 17.5 Å². The minimum atomic E-state index is 0.830. The molecule has 0 radical (unpaired) electrons. The molecule has 1 aliphatic rings. The van der Waals surface area contributed by atoms with Crippen molar-refractivity contribution in [3.8, 4) is 0 Å². The first-order valence-electron chi connectivity index (χ1n) is 4.57. The summed E-state index contributed by atoms with van der Waals surface area (Å²) in [4.78, 5) is 2.32. The maximum Gasteiger partial charge on any atom is 0.133 e. The van der Waals surface area contributed by atoms with Gasteiger partial charge in [0.15, 0.2) is 0 Å². The summed E-state index contributed by atoms with van der Waals surface area (Å²) in [7, 11) is 0. The normalized spacial score (nSPS) is 19.2. The molecule has 0 spiro atoms. The Bertz CT molecular complexity index is 266. The first-order chi connectivity index (χ1) is 6.34. The van der Waals surface area contributed by atoms with Gasteiger partial charge in [-0.25, -0.2) is 0 Å². The lowest BCUT2D eigenvalue weighted by molar-refractivity contribution is 0.0332. The molecule has 2 rings (SSSR count). The molecule has 0 unspecified atom stereocenters. The Hall–Kier alpha value is -0.870. The molecule has 1 aromatic rings. The molecular weight excluding hydrogens is 168 g/mol. The van der Waals surface area contributed by atoms with E-state index in [-0.39, 0.29) is 0 Å². The average molecular weight is 182 g/mol. The van der Waals surface area contributed by atoms with Gasteiger partial charge in [-0.2, -0.15) is 0 Å². The van der Waals surface area contributed by atoms with E-state index in [4.69, 9.17) is 9.26 Å². The second-order valence-corrected chi connectivity index (χ2v) is 3.32. The van der Waals surface area contributed by atoms with Crippen LogP contribution in [-0.4, -0.2) is 36.4 Å². The molecular formula is C9H14N2O2. The molecule has 0 amide bonds. The summed E-state index contributed by atoms with van der Waals surface area (Å²) in [6, 6.07) is 1.98. The van der Waals surface area contributed by atoms with Crippen LogP contribution in [0.1, 0.15) is 11.5 Å². The fourth-order valence-corrected chi connectivity index (χ4v) is 1.48. The van der Waals surface area contributed by atoms with Gasteiger partial charge in [0, 0.05) is 25.7 Å². The Morgan fingerprint density at radius 1 is 1.46 bits per heavy atom. The van der Waals surface area contributed by atoms with Crippen LogP contribution in [0.2, 0.25) is 0 Å². The molecule has 13 heavy (non-hydrogen) atoms. The Morgan fingerprint density at radius 3 is 2.85 bits per heavy atom. The summed E-state index contributed by atoms with van der Waals surface area (Å²) in [5.74, 6) is 0.878. The van der Waals surface area contributed by atoms with Crippen molar-refractivity contribution < 1.29 is 9.26 Å². The average Bonchev–Trinajstić information content (AvgIpc) is 2.53. The highest BCUT2D eigenvalue weighted by Gasteiger charge is 2.12. The van der Waals surface area contributed by atoms with Gasteiger partial charge in [-0.15, -0.1) is 0 Å². The van der Waals surface area contributed by atoms with Gasteiger partial charge in [0.1, 0.15) is 5.76 Å². The summed E-state index contributed by atoms with van der Waals surface area (Å²) in [5, 5.41) is 3.95. The largest absolute Gasteiger partial charge is 0.379 e. The van der Waals surface area contributed by atoms with E-state index >= 15 is 0 Å². The number of hydrogen-bond acceptors (Lipinski definition) is 4. The quantitative estimate of drug-likeness (QED) is 0.678. The fourth-order valence-electron chi connectivity index (χ4n) is 1.48. The van der Waals surface area contributed by atoms with Crippen LogP contribution in [0.4, 0.5) is 0 Å². The maximum absolute atomic E-state index is 5.26. The van der Waals surface area contributed by atoms with Crippen LogP contribution in [0.25, 0.3) is 0 Å². The SMILES string of the molecule is Cc1cc(CN2CCOCC2)no1. The van der Waals surface area contributed by atoms with Crippen molar-refractivity contribution >= 4 is 0 Å². The number of nitrogens with zero attached hydrogens (tertiary/aromatic N) is 2. The fraction of sp³-hybridized carbons (Fsp3) is 0.667. The van der Waals surface area contributed by atoms with Gasteiger partial charge in [0.25, 0.3) is 0 Å². The third-order valence-electron chi connectivity index (χ3n) is 2.17. The summed E-state index contributed by atoms with van der Waals surface area (Å²) < 4.78 is 10.3. The second-order valence-electron chi connectivity index (χ2n) is 3.32. The number of ether oxygens (including phenoxy) is 1. The van der Waals surface area contributed by atoms with Crippen molar-refractivity contribution in [2.75, 3.05) is 26.3 Å². The molecule has 1 aromatic heterocycles. The predicted molar refractivity (Wildman–Crippen MR) is 47.3 cm³/mol. The Kier molecular flexibility index (Phi) is 2.61. The molecule has 0 saturated carbocycles. The van der Waals surface area contributed by atoms with Crippen LogP contribution >= 0.6 is 0 Å². The van der Waals surface area contributed by atoms with E-state index in [1.807, 2.05) is 13.0 Å². The minimum absolute atomic E-state index is 0.830. The first kappa shape index (κ1) is 8.72. The number of morpholine rings is 1. The van der Waals surface area contributed by atoms with Gasteiger partial charge in [0.2, 0.25) is 0 Å². The van der Waals surface area contributed by atoms with Crippen LogP contribution in [-0.2, 0) is 11.3 Å². The van der Waals surface area contributed by atoms with Crippen molar-refractivity contribution in [1.82, 2.24) is 10.1 Å². The standard InChI is InChI=1S/C9H14N2O2/c1-8-6-9(10-13-8)7-11-2-4-12-5-3-11/h6H,2-5,7H2,1H3. The number of aromatic nitrogens is 1. The lowest BCUT2D eigenvalue weighted by Crippen LogP contribution is -2.35. The van der Waals surface area contributed by atoms with Crippen LogP contribution in [0.3, 0.4) is 0 Å². The lowest BCUT2D eigenvalue weighted by Gasteiger charge is -2.25. The zero-order chi connectivity index (χ0) is 9.10. The number of hydrogen-bond donors (Lipinski definition) is 0. The molecule has 0 aliphatic carbocycles. The summed E-state index contributed by atoms with van der Waals surface area (Å²) in [6.45, 7) is 6.43. The smallest absolute Gasteiger partial charge is 0.133 e. The summed E-state index contributed by atoms with van der Waals surface area (Å²) >= 11 is 0. The van der Waals surface area contributed by atoms with E-state index in [1.165, 1.54) is 0 Å². The molecule has 0 N–H and O–H groups in total. The molecule has 0 bridgehead atoms. The predicted octanol–water partition coefficient (Wildman–Crippen LogP) is 0.815. The molecule has 1 aliphatic heterocycles. The van der Waals surface area contributed by atoms with Crippen LogP contribution in [0.15, 0.2) is 10.6 Å². The van der Waals surface area contributed by atoms with Gasteiger partial charge in [-0.05, 0) is 6.92 Å². The zero-order valence-electron chi connectivity index (χ0n) is 7.82. The van der Waals surface area contributed by atoms with E-state index in [0.717, 1.165) is 44.3 Å². The zero-order valence-corrected chi connectivity index (χ0v) is 7.82. The molecule has 4 nitrogen and oxygen atoms in total. The van der Waals surface area contributed by atoms with Crippen LogP contribution < -0.4 is 0 Å². The van der Waals surface area contributed by atoms with Crippen molar-refractivity contribution in [1.29, 1.82) is 0 Å². The van der Waals surface area contributed by atoms with Gasteiger partial charge in [-0.1, -0.05) is 5.16 Å². The van der Waals surface area contributed by atoms with E-state index in [1.54, 1.807) is 0 Å². The number of rotatable bonds is 2. The van der Waals surface area contributed by atoms with Crippen molar-refractivity contribution in [3.63, 3.8) is 0 Å². The molecule has 1 saturated heterocycles. The Balaban J connectivity index is 1.89. The third kappa shape index (κ3) is 2.29. The third-order valence-corrected chi connectivity index (χ3v) is 2.17. The Morgan fingerprint density at radius 2 is 2.23 bits per heavy atom. The van der Waals surface area contributed by atoms with Crippen LogP contribution in [0, 0.1) is 6.92 Å².